The van der Waals surface area contributed by atoms with Crippen LogP contribution in [-0.4, -0.2) is 18.6 Å². The molecule has 0 radical (unpaired) electrons. The fraction of sp³-hybridized carbons (Fsp3) is 0.533. The quantitative estimate of drug-likeness (QED) is 0.657. The van der Waals surface area contributed by atoms with Crippen LogP contribution in [0.4, 0.5) is 15.8 Å². The number of nitrogen functional groups attached to an aromatic ring is 1. The number of hydrogen-bond donors (Lipinski definition) is 2. The van der Waals surface area contributed by atoms with Crippen molar-refractivity contribution in [3.8, 4) is 0 Å². The van der Waals surface area contributed by atoms with Crippen LogP contribution in [0.5, 0.6) is 0 Å². The lowest BCUT2D eigenvalue weighted by molar-refractivity contribution is -0.149. The highest BCUT2D eigenvalue weighted by Gasteiger charge is 2.27. The number of carbonyl (C=O) groups is 1. The molecule has 5 heteroatoms. The molecule has 1 saturated carbocycles. The maximum absolute atomic E-state index is 13.0. The van der Waals surface area contributed by atoms with Gasteiger partial charge in [0.1, 0.15) is 5.82 Å². The Balaban J connectivity index is 1.86. The van der Waals surface area contributed by atoms with E-state index in [2.05, 4.69) is 5.32 Å². The molecule has 1 aliphatic rings. The Labute approximate surface area is 118 Å². The Bertz CT molecular complexity index is 471. The van der Waals surface area contributed by atoms with Crippen molar-refractivity contribution >= 4 is 17.3 Å². The molecule has 1 aromatic carbocycles. The lowest BCUT2D eigenvalue weighted by Gasteiger charge is -2.28. The van der Waals surface area contributed by atoms with Crippen LogP contribution in [0, 0.1) is 11.7 Å². The van der Waals surface area contributed by atoms with Gasteiger partial charge >= 0.3 is 5.97 Å². The largest absolute Gasteiger partial charge is 0.466 e. The highest BCUT2D eigenvalue weighted by molar-refractivity contribution is 5.72. The minimum absolute atomic E-state index is 0.0126. The number of carbonyl (C=O) groups excluding carboxylic acids is 1. The maximum atomic E-state index is 13.0. The van der Waals surface area contributed by atoms with E-state index in [1.807, 2.05) is 6.92 Å². The van der Waals surface area contributed by atoms with Crippen molar-refractivity contribution in [2.75, 3.05) is 17.7 Å². The number of nitrogens with one attached hydrogen (secondary N) is 1. The Morgan fingerprint density at radius 1 is 1.40 bits per heavy atom. The topological polar surface area (TPSA) is 64.3 Å². The van der Waals surface area contributed by atoms with Crippen molar-refractivity contribution in [2.24, 2.45) is 5.92 Å². The predicted octanol–water partition coefficient (Wildman–Crippen LogP) is 2.94. The minimum atomic E-state index is -0.334. The van der Waals surface area contributed by atoms with Crippen LogP contribution in [0.25, 0.3) is 0 Å². The molecule has 0 amide bonds. The van der Waals surface area contributed by atoms with E-state index in [0.29, 0.717) is 12.3 Å². The van der Waals surface area contributed by atoms with Gasteiger partial charge in [0.15, 0.2) is 0 Å². The molecule has 0 aliphatic heterocycles. The highest BCUT2D eigenvalue weighted by Crippen LogP contribution is 2.29. The van der Waals surface area contributed by atoms with Crippen LogP contribution in [0.15, 0.2) is 18.2 Å². The zero-order valence-corrected chi connectivity index (χ0v) is 11.7. The maximum Gasteiger partial charge on any atom is 0.308 e. The van der Waals surface area contributed by atoms with Gasteiger partial charge in [-0.05, 0) is 50.8 Å². The first-order valence-corrected chi connectivity index (χ1v) is 7.08. The molecule has 1 aromatic rings. The Morgan fingerprint density at radius 2 is 2.10 bits per heavy atom. The zero-order valence-electron chi connectivity index (χ0n) is 11.7. The molecule has 0 atom stereocenters. The lowest BCUT2D eigenvalue weighted by atomic mass is 9.86. The number of halogens is 1. The number of esters is 1. The molecule has 20 heavy (non-hydrogen) atoms. The van der Waals surface area contributed by atoms with Crippen LogP contribution in [0.1, 0.15) is 32.6 Å². The number of nitrogens with two attached hydrogens (primary N) is 1. The van der Waals surface area contributed by atoms with Crippen molar-refractivity contribution in [1.82, 2.24) is 0 Å². The second-order valence-corrected chi connectivity index (χ2v) is 5.18. The molecule has 0 spiro atoms. The van der Waals surface area contributed by atoms with Gasteiger partial charge in [-0.1, -0.05) is 0 Å². The standard InChI is InChI=1S/C15H21FN2O2/c1-2-20-15(19)10-3-6-12(7-4-10)18-14-8-5-11(16)9-13(14)17/h5,8-10,12,18H,2-4,6-7,17H2,1H3/t10-,12+. The first kappa shape index (κ1) is 14.6. The van der Waals surface area contributed by atoms with Crippen LogP contribution >= 0.6 is 0 Å². The van der Waals surface area contributed by atoms with Crippen molar-refractivity contribution < 1.29 is 13.9 Å². The third-order valence-corrected chi connectivity index (χ3v) is 3.72. The van der Waals surface area contributed by atoms with Gasteiger partial charge in [0.25, 0.3) is 0 Å². The second kappa shape index (κ2) is 6.59. The van der Waals surface area contributed by atoms with E-state index in [-0.39, 0.29) is 23.7 Å². The van der Waals surface area contributed by atoms with Crippen molar-refractivity contribution in [3.63, 3.8) is 0 Å². The average Bonchev–Trinajstić information content (AvgIpc) is 2.43. The number of benzene rings is 1. The van der Waals surface area contributed by atoms with Crippen LogP contribution in [0.3, 0.4) is 0 Å². The highest BCUT2D eigenvalue weighted by atomic mass is 19.1. The molecule has 0 heterocycles. The van der Waals surface area contributed by atoms with Crippen molar-refractivity contribution in [1.29, 1.82) is 0 Å². The molecular formula is C15H21FN2O2. The molecular weight excluding hydrogens is 259 g/mol. The molecule has 0 saturated heterocycles. The van der Waals surface area contributed by atoms with Gasteiger partial charge in [-0.2, -0.15) is 0 Å². The number of ether oxygens (including phenoxy) is 1. The average molecular weight is 280 g/mol. The van der Waals surface area contributed by atoms with Crippen LogP contribution in [0.2, 0.25) is 0 Å². The third-order valence-electron chi connectivity index (χ3n) is 3.72. The van der Waals surface area contributed by atoms with E-state index in [1.165, 1.54) is 12.1 Å². The van der Waals surface area contributed by atoms with E-state index in [9.17, 15) is 9.18 Å². The summed E-state index contributed by atoms with van der Waals surface area (Å²) in [4.78, 5) is 11.7. The van der Waals surface area contributed by atoms with Crippen molar-refractivity contribution in [3.05, 3.63) is 24.0 Å². The summed E-state index contributed by atoms with van der Waals surface area (Å²) in [6, 6.07) is 4.63. The first-order chi connectivity index (χ1) is 9.60. The summed E-state index contributed by atoms with van der Waals surface area (Å²) in [5.74, 6) is -0.412. The molecule has 4 nitrogen and oxygen atoms in total. The van der Waals surface area contributed by atoms with Gasteiger partial charge in [-0.15, -0.1) is 0 Å². The summed E-state index contributed by atoms with van der Waals surface area (Å²) in [6.45, 7) is 2.26. The molecule has 3 N–H and O–H groups in total. The summed E-state index contributed by atoms with van der Waals surface area (Å²) in [5, 5.41) is 3.32. The van der Waals surface area contributed by atoms with E-state index in [0.717, 1.165) is 31.4 Å². The van der Waals surface area contributed by atoms with E-state index in [1.54, 1.807) is 6.07 Å². The van der Waals surface area contributed by atoms with E-state index >= 15 is 0 Å². The molecule has 110 valence electrons. The molecule has 0 aromatic heterocycles. The number of hydrogen-bond acceptors (Lipinski definition) is 4. The molecule has 1 aliphatic carbocycles. The van der Waals surface area contributed by atoms with Crippen LogP contribution < -0.4 is 11.1 Å². The van der Waals surface area contributed by atoms with Gasteiger partial charge in [-0.25, -0.2) is 4.39 Å². The predicted molar refractivity (Wildman–Crippen MR) is 76.8 cm³/mol. The smallest absolute Gasteiger partial charge is 0.308 e. The van der Waals surface area contributed by atoms with Gasteiger partial charge in [0.05, 0.1) is 23.9 Å². The summed E-state index contributed by atoms with van der Waals surface area (Å²) in [5.41, 5.74) is 6.95. The second-order valence-electron chi connectivity index (χ2n) is 5.18. The Hall–Kier alpha value is -1.78. The Morgan fingerprint density at radius 3 is 2.70 bits per heavy atom. The van der Waals surface area contributed by atoms with Gasteiger partial charge in [-0.3, -0.25) is 4.79 Å². The van der Waals surface area contributed by atoms with Gasteiger partial charge < -0.3 is 15.8 Å². The molecule has 0 bridgehead atoms. The van der Waals surface area contributed by atoms with E-state index in [4.69, 9.17) is 10.5 Å². The molecule has 1 fully saturated rings. The summed E-state index contributed by atoms with van der Waals surface area (Å²) >= 11 is 0. The lowest BCUT2D eigenvalue weighted by Crippen LogP contribution is -2.30. The van der Waals surface area contributed by atoms with Crippen LogP contribution in [-0.2, 0) is 9.53 Å². The monoisotopic (exact) mass is 280 g/mol. The summed E-state index contributed by atoms with van der Waals surface area (Å²) in [7, 11) is 0. The molecule has 0 unspecified atom stereocenters. The zero-order chi connectivity index (χ0) is 14.5. The summed E-state index contributed by atoms with van der Waals surface area (Å²) < 4.78 is 18.0. The van der Waals surface area contributed by atoms with E-state index < -0.39 is 0 Å². The fourth-order valence-electron chi connectivity index (χ4n) is 2.62. The van der Waals surface area contributed by atoms with Gasteiger partial charge in [0, 0.05) is 6.04 Å². The first-order valence-electron chi connectivity index (χ1n) is 7.08. The number of anilines is 2. The SMILES string of the molecule is CCOC(=O)[C@H]1CC[C@@H](Nc2ccc(F)cc2N)CC1. The minimum Gasteiger partial charge on any atom is -0.466 e. The normalized spacial score (nSPS) is 22.3. The summed E-state index contributed by atoms with van der Waals surface area (Å²) in [6.07, 6.45) is 3.41. The third kappa shape index (κ3) is 3.62. The van der Waals surface area contributed by atoms with Crippen molar-refractivity contribution in [2.45, 2.75) is 38.6 Å². The molecule has 2 rings (SSSR count). The Kier molecular flexibility index (Phi) is 4.82. The fourth-order valence-corrected chi connectivity index (χ4v) is 2.62. The van der Waals surface area contributed by atoms with Gasteiger partial charge in [0.2, 0.25) is 0 Å². The number of rotatable bonds is 4.